The van der Waals surface area contributed by atoms with Gasteiger partial charge in [-0.2, -0.15) is 5.26 Å². The first kappa shape index (κ1) is 13.4. The molecule has 0 unspecified atom stereocenters. The molecule has 1 aliphatic heterocycles. The van der Waals surface area contributed by atoms with E-state index in [9.17, 15) is 10.1 Å². The van der Waals surface area contributed by atoms with E-state index in [1.54, 1.807) is 12.1 Å². The van der Waals surface area contributed by atoms with Crippen molar-refractivity contribution in [1.29, 1.82) is 5.26 Å². The summed E-state index contributed by atoms with van der Waals surface area (Å²) in [6.45, 7) is 1.79. The molecule has 1 aliphatic rings. The zero-order valence-electron chi connectivity index (χ0n) is 11.7. The predicted molar refractivity (Wildman–Crippen MR) is 82.6 cm³/mol. The average molecular weight is 276 g/mol. The zero-order chi connectivity index (χ0) is 14.7. The molecular formula is C18H16N2O. The summed E-state index contributed by atoms with van der Waals surface area (Å²) in [5, 5.41) is 9.32. The predicted octanol–water partition coefficient (Wildman–Crippen LogP) is 2.98. The number of hydrogen-bond acceptors (Lipinski definition) is 3. The van der Waals surface area contributed by atoms with E-state index in [2.05, 4.69) is 35.2 Å². The average Bonchev–Trinajstić information content (AvgIpc) is 2.77. The van der Waals surface area contributed by atoms with E-state index in [0.717, 1.165) is 37.9 Å². The summed E-state index contributed by atoms with van der Waals surface area (Å²) in [6, 6.07) is 16.1. The van der Waals surface area contributed by atoms with Crippen LogP contribution >= 0.6 is 0 Å². The van der Waals surface area contributed by atoms with Gasteiger partial charge in [0.05, 0.1) is 11.3 Å². The van der Waals surface area contributed by atoms with Crippen LogP contribution in [-0.2, 0) is 12.8 Å². The molecule has 2 aromatic rings. The topological polar surface area (TPSA) is 44.1 Å². The van der Waals surface area contributed by atoms with Crippen molar-refractivity contribution in [1.82, 2.24) is 0 Å². The number of aldehydes is 1. The first-order valence-electron chi connectivity index (χ1n) is 7.13. The van der Waals surface area contributed by atoms with Gasteiger partial charge in [-0.15, -0.1) is 0 Å². The number of benzene rings is 2. The van der Waals surface area contributed by atoms with E-state index in [1.165, 1.54) is 11.1 Å². The van der Waals surface area contributed by atoms with Crippen molar-refractivity contribution in [2.45, 2.75) is 12.8 Å². The van der Waals surface area contributed by atoms with Crippen molar-refractivity contribution < 1.29 is 4.79 Å². The van der Waals surface area contributed by atoms with Gasteiger partial charge in [-0.25, -0.2) is 0 Å². The van der Waals surface area contributed by atoms with E-state index < -0.39 is 0 Å². The normalized spacial score (nSPS) is 14.0. The second-order valence-corrected chi connectivity index (χ2v) is 5.26. The SMILES string of the molecule is N#Cc1cc(C=O)ccc1N1CCc2ccccc2CC1. The van der Waals surface area contributed by atoms with Gasteiger partial charge in [-0.1, -0.05) is 24.3 Å². The Hall–Kier alpha value is -2.60. The van der Waals surface area contributed by atoms with Crippen LogP contribution in [0.4, 0.5) is 5.69 Å². The van der Waals surface area contributed by atoms with Crippen molar-refractivity contribution in [3.63, 3.8) is 0 Å². The highest BCUT2D eigenvalue weighted by Crippen LogP contribution is 2.24. The minimum Gasteiger partial charge on any atom is -0.370 e. The van der Waals surface area contributed by atoms with Crippen LogP contribution in [0.3, 0.4) is 0 Å². The van der Waals surface area contributed by atoms with Crippen LogP contribution < -0.4 is 4.90 Å². The number of carbonyl (C=O) groups is 1. The fraction of sp³-hybridized carbons (Fsp3) is 0.222. The lowest BCUT2D eigenvalue weighted by Crippen LogP contribution is -2.26. The molecule has 0 radical (unpaired) electrons. The zero-order valence-corrected chi connectivity index (χ0v) is 11.7. The smallest absolute Gasteiger partial charge is 0.150 e. The standard InChI is InChI=1S/C18H16N2O/c19-12-17-11-14(13-21)5-6-18(17)20-9-7-15-3-1-2-4-16(15)8-10-20/h1-6,11,13H,7-10H2. The molecule has 0 saturated carbocycles. The Bertz CT molecular complexity index is 688. The van der Waals surface area contributed by atoms with Crippen molar-refractivity contribution in [2.75, 3.05) is 18.0 Å². The second-order valence-electron chi connectivity index (χ2n) is 5.26. The summed E-state index contributed by atoms with van der Waals surface area (Å²) in [5.41, 5.74) is 4.83. The summed E-state index contributed by atoms with van der Waals surface area (Å²) in [7, 11) is 0. The number of hydrogen-bond donors (Lipinski definition) is 0. The molecule has 0 saturated heterocycles. The van der Waals surface area contributed by atoms with E-state index in [0.29, 0.717) is 11.1 Å². The highest BCUT2D eigenvalue weighted by atomic mass is 16.1. The summed E-state index contributed by atoms with van der Waals surface area (Å²) >= 11 is 0. The Kier molecular flexibility index (Phi) is 3.70. The van der Waals surface area contributed by atoms with Crippen LogP contribution in [0.25, 0.3) is 0 Å². The highest BCUT2D eigenvalue weighted by Gasteiger charge is 2.16. The lowest BCUT2D eigenvalue weighted by molar-refractivity contribution is 0.112. The Morgan fingerprint density at radius 1 is 1.05 bits per heavy atom. The van der Waals surface area contributed by atoms with E-state index in [1.807, 2.05) is 6.07 Å². The number of anilines is 1. The molecular weight excluding hydrogens is 260 g/mol. The van der Waals surface area contributed by atoms with Gasteiger partial charge in [0.2, 0.25) is 0 Å². The fourth-order valence-electron chi connectivity index (χ4n) is 2.90. The molecule has 0 atom stereocenters. The minimum absolute atomic E-state index is 0.549. The van der Waals surface area contributed by atoms with Crippen LogP contribution in [0, 0.1) is 11.3 Å². The maximum atomic E-state index is 10.8. The number of carbonyl (C=O) groups excluding carboxylic acids is 1. The first-order chi connectivity index (χ1) is 10.3. The quantitative estimate of drug-likeness (QED) is 0.792. The Labute approximate surface area is 124 Å². The number of nitrogens with zero attached hydrogens (tertiary/aromatic N) is 2. The molecule has 3 nitrogen and oxygen atoms in total. The number of rotatable bonds is 2. The molecule has 21 heavy (non-hydrogen) atoms. The largest absolute Gasteiger partial charge is 0.370 e. The van der Waals surface area contributed by atoms with E-state index in [-0.39, 0.29) is 0 Å². The summed E-state index contributed by atoms with van der Waals surface area (Å²) < 4.78 is 0. The van der Waals surface area contributed by atoms with Crippen LogP contribution in [0.15, 0.2) is 42.5 Å². The maximum absolute atomic E-state index is 10.8. The third-order valence-electron chi connectivity index (χ3n) is 4.04. The van der Waals surface area contributed by atoms with Crippen LogP contribution in [0.5, 0.6) is 0 Å². The van der Waals surface area contributed by atoms with Gasteiger partial charge in [0, 0.05) is 18.7 Å². The minimum atomic E-state index is 0.549. The molecule has 0 aromatic heterocycles. The van der Waals surface area contributed by atoms with Gasteiger partial charge in [0.15, 0.2) is 0 Å². The van der Waals surface area contributed by atoms with Crippen molar-refractivity contribution in [2.24, 2.45) is 0 Å². The lowest BCUT2D eigenvalue weighted by atomic mass is 10.0. The number of fused-ring (bicyclic) bond motifs is 1. The third kappa shape index (κ3) is 2.66. The van der Waals surface area contributed by atoms with Crippen LogP contribution in [-0.4, -0.2) is 19.4 Å². The second kappa shape index (κ2) is 5.80. The maximum Gasteiger partial charge on any atom is 0.150 e. The molecule has 3 heteroatoms. The van der Waals surface area contributed by atoms with Crippen molar-refractivity contribution in [3.8, 4) is 6.07 Å². The molecule has 0 aliphatic carbocycles. The molecule has 0 amide bonds. The highest BCUT2D eigenvalue weighted by molar-refractivity contribution is 5.78. The van der Waals surface area contributed by atoms with Gasteiger partial charge >= 0.3 is 0 Å². The van der Waals surface area contributed by atoms with E-state index in [4.69, 9.17) is 0 Å². The summed E-state index contributed by atoms with van der Waals surface area (Å²) in [4.78, 5) is 13.1. The van der Waals surface area contributed by atoms with Crippen LogP contribution in [0.2, 0.25) is 0 Å². The third-order valence-corrected chi connectivity index (χ3v) is 4.04. The van der Waals surface area contributed by atoms with Gasteiger partial charge in [0.1, 0.15) is 12.4 Å². The van der Waals surface area contributed by atoms with Gasteiger partial charge < -0.3 is 4.90 Å². The van der Waals surface area contributed by atoms with Crippen molar-refractivity contribution in [3.05, 3.63) is 64.7 Å². The van der Waals surface area contributed by atoms with Crippen molar-refractivity contribution >= 4 is 12.0 Å². The molecule has 104 valence electrons. The molecule has 0 N–H and O–H groups in total. The van der Waals surface area contributed by atoms with Gasteiger partial charge in [-0.05, 0) is 42.2 Å². The summed E-state index contributed by atoms with van der Waals surface area (Å²) in [6.07, 6.45) is 2.75. The lowest BCUT2D eigenvalue weighted by Gasteiger charge is -2.23. The molecule has 0 spiro atoms. The monoisotopic (exact) mass is 276 g/mol. The van der Waals surface area contributed by atoms with Gasteiger partial charge in [0.25, 0.3) is 0 Å². The molecule has 2 aromatic carbocycles. The molecule has 0 fully saturated rings. The molecule has 0 bridgehead atoms. The fourth-order valence-corrected chi connectivity index (χ4v) is 2.90. The molecule has 1 heterocycles. The number of nitriles is 1. The summed E-state index contributed by atoms with van der Waals surface area (Å²) in [5.74, 6) is 0. The van der Waals surface area contributed by atoms with E-state index >= 15 is 0 Å². The first-order valence-corrected chi connectivity index (χ1v) is 7.13. The Balaban J connectivity index is 1.89. The van der Waals surface area contributed by atoms with Gasteiger partial charge in [-0.3, -0.25) is 4.79 Å². The Morgan fingerprint density at radius 2 is 1.71 bits per heavy atom. The van der Waals surface area contributed by atoms with Crippen LogP contribution in [0.1, 0.15) is 27.0 Å². The molecule has 3 rings (SSSR count). The Morgan fingerprint density at radius 3 is 2.29 bits per heavy atom.